The van der Waals surface area contributed by atoms with E-state index in [1.807, 2.05) is 18.7 Å². The quantitative estimate of drug-likeness (QED) is 0.549. The van der Waals surface area contributed by atoms with Gasteiger partial charge in [-0.05, 0) is 37.3 Å². The molecule has 0 bridgehead atoms. The Morgan fingerprint density at radius 1 is 1.37 bits per heavy atom. The van der Waals surface area contributed by atoms with Crippen LogP contribution in [0.5, 0.6) is 0 Å². The number of nitrogens with one attached hydrogen (secondary N) is 2. The van der Waals surface area contributed by atoms with Crippen LogP contribution in [0.4, 0.5) is 0 Å². The zero-order chi connectivity index (χ0) is 19.1. The second-order valence-corrected chi connectivity index (χ2v) is 8.54. The molecule has 0 unspecified atom stereocenters. The maximum absolute atomic E-state index is 12.5. The largest absolute Gasteiger partial charge is 0.357 e. The lowest BCUT2D eigenvalue weighted by Gasteiger charge is -2.26. The number of fused-ring (bicyclic) bond motifs is 1. The Bertz CT molecular complexity index is 783. The molecular weight excluding hydrogens is 378 g/mol. The number of carbonyl (C=O) groups excluding carboxylic acids is 1. The van der Waals surface area contributed by atoms with Crippen molar-refractivity contribution in [2.45, 2.75) is 39.7 Å². The molecule has 2 aromatic rings. The Labute approximate surface area is 168 Å². The van der Waals surface area contributed by atoms with Gasteiger partial charge in [0.2, 0.25) is 5.91 Å². The molecule has 8 heteroatoms. The van der Waals surface area contributed by atoms with Gasteiger partial charge >= 0.3 is 0 Å². The Balaban J connectivity index is 1.43. The second kappa shape index (κ2) is 9.85. The van der Waals surface area contributed by atoms with E-state index in [9.17, 15) is 4.79 Å². The van der Waals surface area contributed by atoms with Gasteiger partial charge in [-0.25, -0.2) is 4.98 Å². The summed E-state index contributed by atoms with van der Waals surface area (Å²) in [4.78, 5) is 24.9. The summed E-state index contributed by atoms with van der Waals surface area (Å²) in [7, 11) is 0. The van der Waals surface area contributed by atoms with Crippen molar-refractivity contribution in [3.05, 3.63) is 38.0 Å². The van der Waals surface area contributed by atoms with Crippen LogP contribution in [0.2, 0.25) is 0 Å². The van der Waals surface area contributed by atoms with Gasteiger partial charge < -0.3 is 15.5 Å². The van der Waals surface area contributed by atoms with Crippen LogP contribution in [-0.4, -0.2) is 47.9 Å². The number of aromatic nitrogens is 1. The number of aliphatic imine (C=N–C) groups is 1. The van der Waals surface area contributed by atoms with Crippen LogP contribution < -0.4 is 10.6 Å². The number of thiophene rings is 1. The molecule has 1 amide bonds. The molecule has 146 valence electrons. The minimum Gasteiger partial charge on any atom is -0.357 e. The SMILES string of the molecule is CCNC(=NCCC(=O)N1CCc2sccc2C1)NCCc1csc(C)n1. The van der Waals surface area contributed by atoms with E-state index in [0.717, 1.165) is 55.7 Å². The third-order valence-electron chi connectivity index (χ3n) is 4.44. The summed E-state index contributed by atoms with van der Waals surface area (Å²) in [5, 5.41) is 11.9. The van der Waals surface area contributed by atoms with Crippen molar-refractivity contribution >= 4 is 34.5 Å². The number of rotatable bonds is 7. The zero-order valence-electron chi connectivity index (χ0n) is 16.0. The fourth-order valence-electron chi connectivity index (χ4n) is 3.06. The van der Waals surface area contributed by atoms with Crippen molar-refractivity contribution in [1.29, 1.82) is 0 Å². The predicted molar refractivity (Wildman–Crippen MR) is 113 cm³/mol. The highest BCUT2D eigenvalue weighted by Gasteiger charge is 2.20. The topological polar surface area (TPSA) is 69.6 Å². The molecule has 1 aliphatic heterocycles. The summed E-state index contributed by atoms with van der Waals surface area (Å²) in [6, 6.07) is 2.13. The van der Waals surface area contributed by atoms with Gasteiger partial charge in [0, 0.05) is 49.3 Å². The molecule has 0 fully saturated rings. The lowest BCUT2D eigenvalue weighted by atomic mass is 10.1. The Kier molecular flexibility index (Phi) is 7.23. The Morgan fingerprint density at radius 3 is 3.04 bits per heavy atom. The third-order valence-corrected chi connectivity index (χ3v) is 6.29. The highest BCUT2D eigenvalue weighted by molar-refractivity contribution is 7.10. The van der Waals surface area contributed by atoms with Gasteiger partial charge in [0.1, 0.15) is 0 Å². The van der Waals surface area contributed by atoms with E-state index in [4.69, 9.17) is 0 Å². The smallest absolute Gasteiger partial charge is 0.224 e. The molecule has 2 N–H and O–H groups in total. The number of hydrogen-bond acceptors (Lipinski definition) is 5. The average Bonchev–Trinajstić information content (AvgIpc) is 3.29. The summed E-state index contributed by atoms with van der Waals surface area (Å²) < 4.78 is 0. The minimum atomic E-state index is 0.185. The maximum atomic E-state index is 12.5. The molecule has 1 aliphatic rings. The monoisotopic (exact) mass is 405 g/mol. The molecule has 3 heterocycles. The molecule has 2 aromatic heterocycles. The number of thiazole rings is 1. The first kappa shape index (κ1) is 19.8. The molecule has 0 aromatic carbocycles. The van der Waals surface area contributed by atoms with E-state index in [1.54, 1.807) is 22.7 Å². The number of guanidine groups is 1. The highest BCUT2D eigenvalue weighted by Crippen LogP contribution is 2.24. The third kappa shape index (κ3) is 5.77. The molecule has 0 atom stereocenters. The fourth-order valence-corrected chi connectivity index (χ4v) is 4.59. The van der Waals surface area contributed by atoms with Crippen LogP contribution in [0.3, 0.4) is 0 Å². The molecule has 3 rings (SSSR count). The normalized spacial score (nSPS) is 14.1. The van der Waals surface area contributed by atoms with Crippen molar-refractivity contribution in [3.8, 4) is 0 Å². The van der Waals surface area contributed by atoms with E-state index in [0.29, 0.717) is 13.0 Å². The van der Waals surface area contributed by atoms with Crippen LogP contribution in [0.1, 0.15) is 34.5 Å². The summed E-state index contributed by atoms with van der Waals surface area (Å²) in [5.41, 5.74) is 2.41. The van der Waals surface area contributed by atoms with Crippen molar-refractivity contribution < 1.29 is 4.79 Å². The van der Waals surface area contributed by atoms with Crippen LogP contribution in [0, 0.1) is 6.92 Å². The molecule has 0 spiro atoms. The first-order valence-corrected chi connectivity index (χ1v) is 11.2. The van der Waals surface area contributed by atoms with Gasteiger partial charge in [-0.15, -0.1) is 22.7 Å². The second-order valence-electron chi connectivity index (χ2n) is 6.48. The van der Waals surface area contributed by atoms with E-state index in [2.05, 4.69) is 37.4 Å². The van der Waals surface area contributed by atoms with E-state index in [-0.39, 0.29) is 5.91 Å². The van der Waals surface area contributed by atoms with Crippen molar-refractivity contribution in [2.75, 3.05) is 26.2 Å². The highest BCUT2D eigenvalue weighted by atomic mass is 32.1. The van der Waals surface area contributed by atoms with Crippen LogP contribution in [0.15, 0.2) is 21.8 Å². The van der Waals surface area contributed by atoms with Gasteiger partial charge in [-0.1, -0.05) is 0 Å². The summed E-state index contributed by atoms with van der Waals surface area (Å²) in [6.07, 6.45) is 2.29. The number of aryl methyl sites for hydroxylation is 1. The van der Waals surface area contributed by atoms with E-state index >= 15 is 0 Å². The lowest BCUT2D eigenvalue weighted by molar-refractivity contribution is -0.131. The van der Waals surface area contributed by atoms with Crippen molar-refractivity contribution in [3.63, 3.8) is 0 Å². The van der Waals surface area contributed by atoms with Crippen LogP contribution in [0.25, 0.3) is 0 Å². The zero-order valence-corrected chi connectivity index (χ0v) is 17.6. The Hall–Kier alpha value is -1.93. The lowest BCUT2D eigenvalue weighted by Crippen LogP contribution is -2.39. The average molecular weight is 406 g/mol. The van der Waals surface area contributed by atoms with Gasteiger partial charge in [0.15, 0.2) is 5.96 Å². The fraction of sp³-hybridized carbons (Fsp3) is 0.526. The standard InChI is InChI=1S/C19H27N5OS2/c1-3-20-19(21-8-4-16-13-27-14(2)23-16)22-9-5-18(25)24-10-6-17-15(12-24)7-11-26-17/h7,11,13H,3-6,8-10,12H2,1-2H3,(H2,20,21,22). The number of hydrogen-bond donors (Lipinski definition) is 2. The molecule has 0 aliphatic carbocycles. The molecule has 6 nitrogen and oxygen atoms in total. The predicted octanol–water partition coefficient (Wildman–Crippen LogP) is 2.59. The number of nitrogens with zero attached hydrogens (tertiary/aromatic N) is 3. The summed E-state index contributed by atoms with van der Waals surface area (Å²) in [6.45, 7) is 7.69. The number of amides is 1. The Morgan fingerprint density at radius 2 is 2.26 bits per heavy atom. The molecular formula is C19H27N5OS2. The van der Waals surface area contributed by atoms with Gasteiger partial charge in [-0.2, -0.15) is 0 Å². The maximum Gasteiger partial charge on any atom is 0.224 e. The first-order chi connectivity index (χ1) is 13.2. The van der Waals surface area contributed by atoms with Crippen molar-refractivity contribution in [2.24, 2.45) is 4.99 Å². The van der Waals surface area contributed by atoms with Gasteiger partial charge in [-0.3, -0.25) is 9.79 Å². The van der Waals surface area contributed by atoms with Gasteiger partial charge in [0.25, 0.3) is 0 Å². The molecule has 0 saturated heterocycles. The van der Waals surface area contributed by atoms with Gasteiger partial charge in [0.05, 0.1) is 17.2 Å². The molecule has 0 saturated carbocycles. The summed E-state index contributed by atoms with van der Waals surface area (Å²) in [5.74, 6) is 0.945. The van der Waals surface area contributed by atoms with E-state index in [1.165, 1.54) is 10.4 Å². The molecule has 0 radical (unpaired) electrons. The minimum absolute atomic E-state index is 0.185. The van der Waals surface area contributed by atoms with E-state index < -0.39 is 0 Å². The number of carbonyl (C=O) groups is 1. The summed E-state index contributed by atoms with van der Waals surface area (Å²) >= 11 is 3.47. The van der Waals surface area contributed by atoms with Crippen LogP contribution >= 0.6 is 22.7 Å². The first-order valence-electron chi connectivity index (χ1n) is 9.42. The van der Waals surface area contributed by atoms with Crippen LogP contribution in [-0.2, 0) is 24.2 Å². The van der Waals surface area contributed by atoms with Crippen molar-refractivity contribution in [1.82, 2.24) is 20.5 Å². The molecule has 27 heavy (non-hydrogen) atoms.